The van der Waals surface area contributed by atoms with E-state index < -0.39 is 0 Å². The summed E-state index contributed by atoms with van der Waals surface area (Å²) in [5.41, 5.74) is 2.73. The Balaban J connectivity index is 1.73. The second kappa shape index (κ2) is 6.61. The number of fused-ring (bicyclic) bond motifs is 2. The van der Waals surface area contributed by atoms with Crippen LogP contribution in [-0.2, 0) is 13.1 Å². The molecule has 1 amide bonds. The molecule has 4 rings (SSSR count). The molecule has 0 saturated carbocycles. The first-order valence-corrected chi connectivity index (χ1v) is 8.99. The molecule has 136 valence electrons. The fourth-order valence-corrected chi connectivity index (χ4v) is 3.78. The van der Waals surface area contributed by atoms with Gasteiger partial charge in [-0.25, -0.2) is 0 Å². The van der Waals surface area contributed by atoms with Gasteiger partial charge in [-0.15, -0.1) is 0 Å². The Morgan fingerprint density at radius 1 is 1.31 bits per heavy atom. The molecule has 0 bridgehead atoms. The second-order valence-electron chi connectivity index (χ2n) is 7.24. The first kappa shape index (κ1) is 16.8. The van der Waals surface area contributed by atoms with Crippen LogP contribution in [0.2, 0.25) is 0 Å². The lowest BCUT2D eigenvalue weighted by Gasteiger charge is -2.31. The summed E-state index contributed by atoms with van der Waals surface area (Å²) in [6.45, 7) is 4.15. The van der Waals surface area contributed by atoms with Crippen molar-refractivity contribution in [3.05, 3.63) is 53.5 Å². The largest absolute Gasteiger partial charge is 0.451 e. The molecule has 6 nitrogen and oxygen atoms in total. The number of hydrogen-bond acceptors (Lipinski definition) is 4. The van der Waals surface area contributed by atoms with Crippen molar-refractivity contribution >= 4 is 16.9 Å². The second-order valence-corrected chi connectivity index (χ2v) is 7.24. The van der Waals surface area contributed by atoms with E-state index in [0.29, 0.717) is 12.3 Å². The van der Waals surface area contributed by atoms with E-state index in [1.165, 1.54) is 0 Å². The van der Waals surface area contributed by atoms with E-state index in [2.05, 4.69) is 10.00 Å². The molecule has 0 fully saturated rings. The van der Waals surface area contributed by atoms with Gasteiger partial charge in [-0.1, -0.05) is 18.2 Å². The van der Waals surface area contributed by atoms with E-state index in [1.807, 2.05) is 60.9 Å². The molecule has 3 heterocycles. The predicted octanol–water partition coefficient (Wildman–Crippen LogP) is 2.91. The molecule has 2 aromatic heterocycles. The topological polar surface area (TPSA) is 54.5 Å². The smallest absolute Gasteiger partial charge is 0.290 e. The molecule has 0 N–H and O–H groups in total. The first-order chi connectivity index (χ1) is 12.5. The van der Waals surface area contributed by atoms with Crippen molar-refractivity contribution in [3.63, 3.8) is 0 Å². The van der Waals surface area contributed by atoms with Gasteiger partial charge in [-0.3, -0.25) is 9.48 Å². The molecule has 6 heteroatoms. The quantitative estimate of drug-likeness (QED) is 0.727. The van der Waals surface area contributed by atoms with Crippen molar-refractivity contribution in [3.8, 4) is 0 Å². The van der Waals surface area contributed by atoms with Gasteiger partial charge >= 0.3 is 0 Å². The van der Waals surface area contributed by atoms with E-state index in [9.17, 15) is 4.79 Å². The summed E-state index contributed by atoms with van der Waals surface area (Å²) >= 11 is 0. The summed E-state index contributed by atoms with van der Waals surface area (Å²) in [7, 11) is 4.08. The Morgan fingerprint density at radius 2 is 2.12 bits per heavy atom. The molecular formula is C20H24N4O2. The summed E-state index contributed by atoms with van der Waals surface area (Å²) in [6, 6.07) is 9.92. The molecule has 0 saturated heterocycles. The van der Waals surface area contributed by atoms with Gasteiger partial charge in [0.05, 0.1) is 12.2 Å². The van der Waals surface area contributed by atoms with Crippen molar-refractivity contribution in [2.75, 3.05) is 20.6 Å². The fraction of sp³-hybridized carbons (Fsp3) is 0.400. The number of hydrogen-bond donors (Lipinski definition) is 0. The number of furan rings is 1. The summed E-state index contributed by atoms with van der Waals surface area (Å²) in [5.74, 6) is 0.406. The minimum Gasteiger partial charge on any atom is -0.451 e. The van der Waals surface area contributed by atoms with Gasteiger partial charge in [-0.05, 0) is 39.6 Å². The number of likely N-dealkylation sites (N-methyl/N-ethyl adjacent to an activating group) is 1. The zero-order valence-electron chi connectivity index (χ0n) is 15.5. The summed E-state index contributed by atoms with van der Waals surface area (Å²) in [5, 5.41) is 5.39. The molecule has 0 spiro atoms. The van der Waals surface area contributed by atoms with E-state index in [0.717, 1.165) is 41.7 Å². The summed E-state index contributed by atoms with van der Waals surface area (Å²) in [6.07, 6.45) is 2.68. The number of aromatic nitrogens is 2. The molecule has 0 unspecified atom stereocenters. The minimum atomic E-state index is -0.0415. The number of carbonyl (C=O) groups excluding carboxylic acids is 1. The third-order valence-corrected chi connectivity index (χ3v) is 5.13. The molecule has 1 aliphatic rings. The van der Waals surface area contributed by atoms with Crippen molar-refractivity contribution in [2.24, 2.45) is 0 Å². The van der Waals surface area contributed by atoms with Crippen LogP contribution in [0.5, 0.6) is 0 Å². The zero-order valence-corrected chi connectivity index (χ0v) is 15.5. The highest BCUT2D eigenvalue weighted by molar-refractivity contribution is 5.99. The fourth-order valence-electron chi connectivity index (χ4n) is 3.78. The average molecular weight is 352 g/mol. The average Bonchev–Trinajstić information content (AvgIpc) is 3.16. The van der Waals surface area contributed by atoms with Crippen LogP contribution >= 0.6 is 0 Å². The van der Waals surface area contributed by atoms with Crippen LogP contribution in [0.1, 0.15) is 28.2 Å². The summed E-state index contributed by atoms with van der Waals surface area (Å²) in [4.78, 5) is 17.5. The number of rotatable bonds is 3. The van der Waals surface area contributed by atoms with Crippen LogP contribution in [-0.4, -0.2) is 52.2 Å². The maximum atomic E-state index is 13.5. The molecule has 1 aromatic carbocycles. The normalized spacial score (nSPS) is 17.5. The SMILES string of the molecule is Cc1c(C(=O)N2Cc3ccnn3CC[C@@H]2CN(C)C)oc2ccccc12. The van der Waals surface area contributed by atoms with Crippen molar-refractivity contribution in [1.82, 2.24) is 19.6 Å². The lowest BCUT2D eigenvalue weighted by Crippen LogP contribution is -2.44. The maximum absolute atomic E-state index is 13.5. The standard InChI is InChI=1S/C20H24N4O2/c1-14-17-6-4-5-7-18(17)26-19(14)20(25)23-13-16-8-10-21-24(16)11-9-15(23)12-22(2)3/h4-8,10,15H,9,11-13H2,1-3H3/t15-/m1/s1. The number of nitrogens with zero attached hydrogens (tertiary/aromatic N) is 4. The molecule has 26 heavy (non-hydrogen) atoms. The van der Waals surface area contributed by atoms with E-state index >= 15 is 0 Å². The van der Waals surface area contributed by atoms with Gasteiger partial charge in [0.1, 0.15) is 5.58 Å². The van der Waals surface area contributed by atoms with Gasteiger partial charge in [0.25, 0.3) is 5.91 Å². The highest BCUT2D eigenvalue weighted by Gasteiger charge is 2.32. The molecule has 0 aliphatic carbocycles. The Morgan fingerprint density at radius 3 is 2.88 bits per heavy atom. The van der Waals surface area contributed by atoms with Crippen LogP contribution < -0.4 is 0 Å². The van der Waals surface area contributed by atoms with Gasteiger partial charge in [0.2, 0.25) is 0 Å². The van der Waals surface area contributed by atoms with Gasteiger partial charge in [-0.2, -0.15) is 5.10 Å². The number of carbonyl (C=O) groups is 1. The van der Waals surface area contributed by atoms with Gasteiger partial charge in [0, 0.05) is 36.3 Å². The highest BCUT2D eigenvalue weighted by atomic mass is 16.3. The van der Waals surface area contributed by atoms with E-state index in [1.54, 1.807) is 6.20 Å². The highest BCUT2D eigenvalue weighted by Crippen LogP contribution is 2.28. The number of para-hydroxylation sites is 1. The zero-order chi connectivity index (χ0) is 18.3. The molecule has 1 atom stereocenters. The Labute approximate surface area is 153 Å². The monoisotopic (exact) mass is 352 g/mol. The number of benzene rings is 1. The lowest BCUT2D eigenvalue weighted by atomic mass is 10.1. The van der Waals surface area contributed by atoms with E-state index in [-0.39, 0.29) is 11.9 Å². The molecule has 3 aromatic rings. The van der Waals surface area contributed by atoms with Gasteiger partial charge < -0.3 is 14.2 Å². The van der Waals surface area contributed by atoms with Crippen LogP contribution in [0.15, 0.2) is 40.9 Å². The third kappa shape index (κ3) is 2.90. The predicted molar refractivity (Wildman–Crippen MR) is 100 cm³/mol. The van der Waals surface area contributed by atoms with Crippen LogP contribution in [0.25, 0.3) is 11.0 Å². The molecular weight excluding hydrogens is 328 g/mol. The van der Waals surface area contributed by atoms with Crippen LogP contribution in [0.4, 0.5) is 0 Å². The molecule has 0 radical (unpaired) electrons. The van der Waals surface area contributed by atoms with Crippen LogP contribution in [0.3, 0.4) is 0 Å². The Hall–Kier alpha value is -2.60. The van der Waals surface area contributed by atoms with E-state index in [4.69, 9.17) is 4.42 Å². The first-order valence-electron chi connectivity index (χ1n) is 8.99. The Kier molecular flexibility index (Phi) is 4.28. The van der Waals surface area contributed by atoms with Crippen LogP contribution in [0, 0.1) is 6.92 Å². The molecule has 1 aliphatic heterocycles. The lowest BCUT2D eigenvalue weighted by molar-refractivity contribution is 0.0595. The Bertz CT molecular complexity index is 940. The minimum absolute atomic E-state index is 0.0415. The van der Waals surface area contributed by atoms with Gasteiger partial charge in [0.15, 0.2) is 5.76 Å². The number of aryl methyl sites for hydroxylation is 2. The van der Waals surface area contributed by atoms with Crippen molar-refractivity contribution in [2.45, 2.75) is 32.5 Å². The van der Waals surface area contributed by atoms with Crippen molar-refractivity contribution in [1.29, 1.82) is 0 Å². The summed E-state index contributed by atoms with van der Waals surface area (Å²) < 4.78 is 7.95. The third-order valence-electron chi connectivity index (χ3n) is 5.13. The van der Waals surface area contributed by atoms with Crippen molar-refractivity contribution < 1.29 is 9.21 Å². The maximum Gasteiger partial charge on any atom is 0.290 e. The number of amides is 1.